The maximum Gasteiger partial charge on any atom is 0.425 e. The maximum absolute atomic E-state index is 12.2. The van der Waals surface area contributed by atoms with Crippen LogP contribution in [0.1, 0.15) is 49.4 Å². The second kappa shape index (κ2) is 9.99. The van der Waals surface area contributed by atoms with Crippen molar-refractivity contribution in [2.24, 2.45) is 0 Å². The smallest absolute Gasteiger partial charge is 0.425 e. The fraction of sp³-hybridized carbons (Fsp3) is 0.375. The van der Waals surface area contributed by atoms with Crippen LogP contribution in [0.3, 0.4) is 0 Å². The largest absolute Gasteiger partial charge is 0.493 e. The monoisotopic (exact) mass is 456 g/mol. The molecule has 3 aromatic rings. The highest BCUT2D eigenvalue weighted by Gasteiger charge is 2.25. The van der Waals surface area contributed by atoms with Crippen molar-refractivity contribution in [3.63, 3.8) is 0 Å². The zero-order valence-corrected chi connectivity index (χ0v) is 19.6. The Labute approximate surface area is 191 Å². The van der Waals surface area contributed by atoms with E-state index in [0.717, 1.165) is 34.8 Å². The van der Waals surface area contributed by atoms with E-state index in [1.165, 1.54) is 5.56 Å². The average molecular weight is 457 g/mol. The lowest BCUT2D eigenvalue weighted by Gasteiger charge is -2.19. The van der Waals surface area contributed by atoms with Crippen LogP contribution in [0.5, 0.6) is 11.6 Å². The third-order valence-corrected chi connectivity index (χ3v) is 5.57. The minimum Gasteiger partial charge on any atom is -0.493 e. The van der Waals surface area contributed by atoms with Gasteiger partial charge in [-0.25, -0.2) is 4.79 Å². The van der Waals surface area contributed by atoms with E-state index in [-0.39, 0.29) is 5.88 Å². The zero-order chi connectivity index (χ0) is 23.3. The average Bonchev–Trinajstić information content (AvgIpc) is 3.01. The maximum atomic E-state index is 12.2. The molecule has 170 valence electrons. The molecular weight excluding hydrogens is 428 g/mol. The molecule has 1 N–H and O–H groups in total. The third kappa shape index (κ3) is 6.20. The minimum absolute atomic E-state index is 0.315. The summed E-state index contributed by atoms with van der Waals surface area (Å²) in [5.74, 6) is 0.346. The fourth-order valence-electron chi connectivity index (χ4n) is 2.97. The van der Waals surface area contributed by atoms with E-state index in [1.807, 2.05) is 36.5 Å². The van der Waals surface area contributed by atoms with Gasteiger partial charge in [0.1, 0.15) is 11.4 Å². The normalized spacial score (nSPS) is 11.4. The van der Waals surface area contributed by atoms with Crippen molar-refractivity contribution in [3.8, 4) is 11.6 Å². The number of carbonyl (C=O) groups is 1. The molecule has 0 aliphatic carbocycles. The van der Waals surface area contributed by atoms with Gasteiger partial charge in [0.05, 0.1) is 11.5 Å². The molecule has 0 fully saturated rings. The van der Waals surface area contributed by atoms with Crippen LogP contribution in [-0.4, -0.2) is 33.0 Å². The summed E-state index contributed by atoms with van der Waals surface area (Å²) in [5, 5.41) is 10.4. The summed E-state index contributed by atoms with van der Waals surface area (Å²) in [6, 6.07) is 11.5. The summed E-state index contributed by atoms with van der Waals surface area (Å²) in [4.78, 5) is 28.7. The second-order valence-corrected chi connectivity index (χ2v) is 9.41. The number of aromatic hydroxyl groups is 1. The van der Waals surface area contributed by atoms with Crippen molar-refractivity contribution < 1.29 is 19.4 Å². The highest BCUT2D eigenvalue weighted by molar-refractivity contribution is 7.09. The molecule has 7 nitrogen and oxygen atoms in total. The summed E-state index contributed by atoms with van der Waals surface area (Å²) in [6.45, 7) is 7.70. The van der Waals surface area contributed by atoms with Crippen LogP contribution in [0.15, 0.2) is 47.4 Å². The van der Waals surface area contributed by atoms with Crippen molar-refractivity contribution in [2.75, 3.05) is 6.61 Å². The molecule has 2 heterocycles. The van der Waals surface area contributed by atoms with Crippen molar-refractivity contribution in [3.05, 3.63) is 74.0 Å². The summed E-state index contributed by atoms with van der Waals surface area (Å²) in [7, 11) is 0. The van der Waals surface area contributed by atoms with Crippen LogP contribution in [0, 0.1) is 0 Å². The molecule has 0 spiro atoms. The van der Waals surface area contributed by atoms with Gasteiger partial charge in [0.25, 0.3) is 0 Å². The fourth-order valence-corrected chi connectivity index (χ4v) is 3.85. The first kappa shape index (κ1) is 23.5. The lowest BCUT2D eigenvalue weighted by atomic mass is 10.1. The van der Waals surface area contributed by atoms with Crippen molar-refractivity contribution >= 4 is 17.4 Å². The number of thiazole rings is 1. The highest BCUT2D eigenvalue weighted by atomic mass is 32.1. The van der Waals surface area contributed by atoms with E-state index >= 15 is 0 Å². The van der Waals surface area contributed by atoms with Gasteiger partial charge in [0.15, 0.2) is 0 Å². The van der Waals surface area contributed by atoms with Gasteiger partial charge in [-0.2, -0.15) is 4.57 Å². The highest BCUT2D eigenvalue weighted by Crippen LogP contribution is 2.25. The Hall–Kier alpha value is -3.13. The Bertz CT molecular complexity index is 1110. The summed E-state index contributed by atoms with van der Waals surface area (Å²) in [5.41, 5.74) is 2.30. The Morgan fingerprint density at radius 1 is 1.12 bits per heavy atom. The Morgan fingerprint density at radius 3 is 2.41 bits per heavy atom. The van der Waals surface area contributed by atoms with E-state index in [9.17, 15) is 14.7 Å². The second-order valence-electron chi connectivity index (χ2n) is 8.36. The number of nitrogens with zero attached hydrogens (tertiary/aromatic N) is 2. The standard InChI is InChI=1S/C24H28N2O5S/c1-5-16-6-9-18(25-15-16)12-13-30-19-10-7-17(8-11-19)14-20-21(27)26(23(29)32-20)22(28)31-24(2,3)4/h6-11,15,27H,5,12-14H2,1-4H3. The topological polar surface area (TPSA) is 90.7 Å². The summed E-state index contributed by atoms with van der Waals surface area (Å²) in [6.07, 6.45) is 3.01. The summed E-state index contributed by atoms with van der Waals surface area (Å²) >= 11 is 0.827. The number of carbonyl (C=O) groups excluding carboxylic acids is 1. The van der Waals surface area contributed by atoms with Gasteiger partial charge in [0, 0.05) is 24.7 Å². The molecule has 2 aromatic heterocycles. The first-order valence-electron chi connectivity index (χ1n) is 10.5. The number of rotatable bonds is 7. The van der Waals surface area contributed by atoms with E-state index in [4.69, 9.17) is 9.47 Å². The SMILES string of the molecule is CCc1ccc(CCOc2ccc(Cc3sc(=O)n(C(=O)OC(C)(C)C)c3O)cc2)nc1. The Balaban J connectivity index is 1.59. The number of aromatic nitrogens is 2. The first-order valence-corrected chi connectivity index (χ1v) is 11.3. The van der Waals surface area contributed by atoms with Gasteiger partial charge >= 0.3 is 11.0 Å². The molecule has 0 radical (unpaired) electrons. The molecule has 0 atom stereocenters. The number of hydrogen-bond acceptors (Lipinski definition) is 7. The van der Waals surface area contributed by atoms with E-state index in [2.05, 4.69) is 18.0 Å². The Kier molecular flexibility index (Phi) is 7.35. The van der Waals surface area contributed by atoms with Crippen molar-refractivity contribution in [1.29, 1.82) is 0 Å². The van der Waals surface area contributed by atoms with Crippen molar-refractivity contribution in [1.82, 2.24) is 9.55 Å². The van der Waals surface area contributed by atoms with Gasteiger partial charge in [-0.1, -0.05) is 36.5 Å². The molecule has 8 heteroatoms. The molecule has 0 amide bonds. The minimum atomic E-state index is -0.884. The first-order chi connectivity index (χ1) is 15.2. The van der Waals surface area contributed by atoms with E-state index in [1.54, 1.807) is 20.8 Å². The Morgan fingerprint density at radius 2 is 1.81 bits per heavy atom. The number of hydrogen-bond donors (Lipinski definition) is 1. The molecule has 32 heavy (non-hydrogen) atoms. The van der Waals surface area contributed by atoms with Crippen LogP contribution >= 0.6 is 11.3 Å². The lowest BCUT2D eigenvalue weighted by Crippen LogP contribution is -2.31. The van der Waals surface area contributed by atoms with Gasteiger partial charge in [0.2, 0.25) is 5.88 Å². The van der Waals surface area contributed by atoms with Crippen LogP contribution in [0.2, 0.25) is 0 Å². The van der Waals surface area contributed by atoms with Gasteiger partial charge < -0.3 is 14.6 Å². The third-order valence-electron chi connectivity index (χ3n) is 4.64. The number of ether oxygens (including phenoxy) is 2. The zero-order valence-electron chi connectivity index (χ0n) is 18.8. The van der Waals surface area contributed by atoms with Gasteiger partial charge in [-0.3, -0.25) is 9.78 Å². The van der Waals surface area contributed by atoms with Crippen LogP contribution in [-0.2, 0) is 24.0 Å². The van der Waals surface area contributed by atoms with E-state index in [0.29, 0.717) is 28.9 Å². The van der Waals surface area contributed by atoms with Crippen molar-refractivity contribution in [2.45, 2.75) is 52.6 Å². The molecule has 0 unspecified atom stereocenters. The molecule has 3 rings (SSSR count). The lowest BCUT2D eigenvalue weighted by molar-refractivity contribution is 0.0521. The van der Waals surface area contributed by atoms with Gasteiger partial charge in [-0.15, -0.1) is 0 Å². The van der Waals surface area contributed by atoms with Crippen LogP contribution in [0.4, 0.5) is 4.79 Å². The predicted octanol–water partition coefficient (Wildman–Crippen LogP) is 4.57. The van der Waals surface area contributed by atoms with Gasteiger partial charge in [-0.05, 0) is 56.5 Å². The van der Waals surface area contributed by atoms with Crippen LogP contribution in [0.25, 0.3) is 0 Å². The quantitative estimate of drug-likeness (QED) is 0.560. The number of benzene rings is 1. The summed E-state index contributed by atoms with van der Waals surface area (Å²) < 4.78 is 11.7. The molecule has 0 saturated carbocycles. The van der Waals surface area contributed by atoms with Crippen LogP contribution < -0.4 is 9.61 Å². The van der Waals surface area contributed by atoms with E-state index < -0.39 is 16.6 Å². The molecular formula is C24H28N2O5S. The number of aryl methyl sites for hydroxylation is 1. The molecule has 0 saturated heterocycles. The molecule has 0 aliphatic heterocycles. The number of pyridine rings is 1. The predicted molar refractivity (Wildman–Crippen MR) is 124 cm³/mol. The molecule has 1 aromatic carbocycles. The molecule has 0 aliphatic rings. The molecule has 0 bridgehead atoms.